The van der Waals surface area contributed by atoms with Crippen LogP contribution in [0.5, 0.6) is 0 Å². The van der Waals surface area contributed by atoms with Gasteiger partial charge in [-0.2, -0.15) is 8.75 Å². The van der Waals surface area contributed by atoms with E-state index in [4.69, 9.17) is 0 Å². The van der Waals surface area contributed by atoms with Crippen molar-refractivity contribution in [2.45, 2.75) is 42.4 Å². The second-order valence-electron chi connectivity index (χ2n) is 12.9. The van der Waals surface area contributed by atoms with Gasteiger partial charge in [0.1, 0.15) is 11.0 Å². The van der Waals surface area contributed by atoms with E-state index in [9.17, 15) is 4.79 Å². The van der Waals surface area contributed by atoms with Crippen LogP contribution in [0.3, 0.4) is 0 Å². The highest BCUT2D eigenvalue weighted by Crippen LogP contribution is 2.51. The molecule has 8 aromatic rings. The van der Waals surface area contributed by atoms with Crippen LogP contribution in [0.15, 0.2) is 131 Å². The first kappa shape index (κ1) is 30.8. The Labute approximate surface area is 299 Å². The number of para-hydroxylation sites is 2. The lowest BCUT2D eigenvalue weighted by Gasteiger charge is -2.33. The molecule has 244 valence electrons. The van der Waals surface area contributed by atoms with Crippen molar-refractivity contribution in [2.75, 3.05) is 11.4 Å². The second-order valence-corrected chi connectivity index (χ2v) is 14.5. The summed E-state index contributed by atoms with van der Waals surface area (Å²) in [6.07, 6.45) is 5.68. The lowest BCUT2D eigenvalue weighted by Crippen LogP contribution is -2.22. The highest BCUT2D eigenvalue weighted by Gasteiger charge is 2.25. The molecule has 6 aromatic carbocycles. The highest BCUT2D eigenvalue weighted by molar-refractivity contribution is 7.99. The van der Waals surface area contributed by atoms with Crippen molar-refractivity contribution in [2.24, 2.45) is 0 Å². The van der Waals surface area contributed by atoms with E-state index >= 15 is 0 Å². The molecule has 0 saturated heterocycles. The zero-order valence-corrected chi connectivity index (χ0v) is 29.3. The quantitative estimate of drug-likeness (QED) is 0.112. The molecule has 0 amide bonds. The van der Waals surface area contributed by atoms with Gasteiger partial charge in [0.15, 0.2) is 6.29 Å². The molecule has 7 heteroatoms. The Hall–Kier alpha value is -5.24. The van der Waals surface area contributed by atoms with Crippen molar-refractivity contribution in [3.8, 4) is 27.9 Å². The first-order chi connectivity index (χ1) is 24.7. The molecule has 0 unspecified atom stereocenters. The van der Waals surface area contributed by atoms with E-state index in [0.717, 1.165) is 53.3 Å². The van der Waals surface area contributed by atoms with Crippen LogP contribution in [0.1, 0.15) is 43.0 Å². The van der Waals surface area contributed by atoms with Crippen LogP contribution in [0.4, 0.5) is 11.4 Å². The Balaban J connectivity index is 1.12. The van der Waals surface area contributed by atoms with Gasteiger partial charge in [-0.25, -0.2) is 0 Å². The molecule has 1 aliphatic rings. The molecule has 1 aliphatic heterocycles. The minimum atomic E-state index is 0.576. The molecule has 5 nitrogen and oxygen atoms in total. The molecule has 50 heavy (non-hydrogen) atoms. The molecule has 0 fully saturated rings. The number of benzene rings is 6. The number of carbonyl (C=O) groups is 1. The number of fused-ring (bicyclic) bond motifs is 6. The van der Waals surface area contributed by atoms with Gasteiger partial charge in [-0.3, -0.25) is 4.79 Å². The number of anilines is 2. The lowest BCUT2D eigenvalue weighted by molar-refractivity contribution is 0.112. The van der Waals surface area contributed by atoms with Crippen LogP contribution in [-0.2, 0) is 0 Å². The first-order valence-corrected chi connectivity index (χ1v) is 18.8. The number of aromatic nitrogens is 3. The summed E-state index contributed by atoms with van der Waals surface area (Å²) >= 11 is 2.98. The maximum absolute atomic E-state index is 11.7. The SMILES string of the molecule is CCCCCCN1c2ccc(-c3cccc(-n4c5ccccc5c5ccccc54)c3)cc2Sc2cc(-c3ccc(C=O)c4nsnc34)ccc21. The summed E-state index contributed by atoms with van der Waals surface area (Å²) in [6, 6.07) is 43.8. The predicted octanol–water partition coefficient (Wildman–Crippen LogP) is 12.1. The molecule has 2 aromatic heterocycles. The fourth-order valence-electron chi connectivity index (χ4n) is 7.41. The van der Waals surface area contributed by atoms with Crippen LogP contribution in [-0.4, -0.2) is 26.1 Å². The summed E-state index contributed by atoms with van der Waals surface area (Å²) < 4.78 is 11.4. The molecule has 9 rings (SSSR count). The Bertz CT molecular complexity index is 2510. The minimum Gasteiger partial charge on any atom is -0.340 e. The molecule has 0 spiro atoms. The fourth-order valence-corrected chi connectivity index (χ4v) is 9.16. The van der Waals surface area contributed by atoms with Crippen molar-refractivity contribution < 1.29 is 4.79 Å². The monoisotopic (exact) mass is 686 g/mol. The van der Waals surface area contributed by atoms with Gasteiger partial charge < -0.3 is 9.47 Å². The van der Waals surface area contributed by atoms with E-state index in [2.05, 4.69) is 134 Å². The van der Waals surface area contributed by atoms with Crippen LogP contribution in [0.2, 0.25) is 0 Å². The van der Waals surface area contributed by atoms with Crippen molar-refractivity contribution in [1.82, 2.24) is 13.3 Å². The van der Waals surface area contributed by atoms with Crippen molar-refractivity contribution >= 4 is 74.0 Å². The summed E-state index contributed by atoms with van der Waals surface area (Å²) in [5.41, 5.74) is 12.6. The molecular weight excluding hydrogens is 653 g/mol. The van der Waals surface area contributed by atoms with Gasteiger partial charge in [0.25, 0.3) is 0 Å². The average Bonchev–Trinajstić information content (AvgIpc) is 3.79. The fraction of sp³-hybridized carbons (Fsp3) is 0.140. The van der Waals surface area contributed by atoms with Crippen molar-refractivity contribution in [3.63, 3.8) is 0 Å². The number of hydrogen-bond acceptors (Lipinski definition) is 6. The third-order valence-corrected chi connectivity index (χ3v) is 11.5. The number of aldehydes is 1. The standard InChI is InChI=1S/C43H34N4OS2/c1-2-3-4-9-23-46-38-21-18-29(28-11-10-12-32(24-28)47-36-15-7-5-13-34(36)35-14-6-8-16-37(35)47)25-40(38)49-41-26-30(19-22-39(41)46)33-20-17-31(27-48)42-43(33)45-50-44-42/h5-8,10-22,24-27H,2-4,9,23H2,1H3. The van der Waals surface area contributed by atoms with Gasteiger partial charge in [0, 0.05) is 43.9 Å². The van der Waals surface area contributed by atoms with Crippen molar-refractivity contribution in [1.29, 1.82) is 0 Å². The zero-order chi connectivity index (χ0) is 33.6. The van der Waals surface area contributed by atoms with Crippen LogP contribution in [0, 0.1) is 0 Å². The van der Waals surface area contributed by atoms with Gasteiger partial charge in [-0.05, 0) is 77.7 Å². The third-order valence-electron chi connectivity index (χ3n) is 9.86. The molecule has 0 saturated carbocycles. The lowest BCUT2D eigenvalue weighted by atomic mass is 10.0. The highest BCUT2D eigenvalue weighted by atomic mass is 32.2. The minimum absolute atomic E-state index is 0.576. The topological polar surface area (TPSA) is 51.0 Å². The second kappa shape index (κ2) is 12.9. The molecular formula is C43H34N4OS2. The summed E-state index contributed by atoms with van der Waals surface area (Å²) in [6.45, 7) is 3.23. The van der Waals surface area contributed by atoms with Crippen LogP contribution in [0.25, 0.3) is 60.8 Å². The number of hydrogen-bond donors (Lipinski definition) is 0. The number of unbranched alkanes of at least 4 members (excludes halogenated alkanes) is 3. The first-order valence-electron chi connectivity index (χ1n) is 17.2. The van der Waals surface area contributed by atoms with E-state index in [1.54, 1.807) is 0 Å². The molecule has 0 N–H and O–H groups in total. The predicted molar refractivity (Wildman–Crippen MR) is 210 cm³/mol. The van der Waals surface area contributed by atoms with Gasteiger partial charge in [-0.15, -0.1) is 0 Å². The molecule has 0 bridgehead atoms. The van der Waals surface area contributed by atoms with E-state index in [-0.39, 0.29) is 0 Å². The zero-order valence-electron chi connectivity index (χ0n) is 27.7. The van der Waals surface area contributed by atoms with Gasteiger partial charge >= 0.3 is 0 Å². The summed E-state index contributed by atoms with van der Waals surface area (Å²) in [5.74, 6) is 0. The normalized spacial score (nSPS) is 12.5. The van der Waals surface area contributed by atoms with E-state index in [0.29, 0.717) is 11.1 Å². The largest absolute Gasteiger partial charge is 0.340 e. The van der Waals surface area contributed by atoms with Crippen LogP contribution < -0.4 is 4.90 Å². The number of carbonyl (C=O) groups excluding carboxylic acids is 1. The van der Waals surface area contributed by atoms with Crippen LogP contribution >= 0.6 is 23.5 Å². The van der Waals surface area contributed by atoms with E-state index in [1.807, 2.05) is 23.9 Å². The average molecular weight is 687 g/mol. The van der Waals surface area contributed by atoms with E-state index in [1.165, 1.54) is 73.4 Å². The summed E-state index contributed by atoms with van der Waals surface area (Å²) in [7, 11) is 0. The Morgan fingerprint density at radius 2 is 1.32 bits per heavy atom. The maximum atomic E-state index is 11.7. The molecule has 0 radical (unpaired) electrons. The van der Waals surface area contributed by atoms with Gasteiger partial charge in [0.2, 0.25) is 0 Å². The summed E-state index contributed by atoms with van der Waals surface area (Å²) in [4.78, 5) is 16.7. The maximum Gasteiger partial charge on any atom is 0.152 e. The van der Waals surface area contributed by atoms with Gasteiger partial charge in [-0.1, -0.05) is 105 Å². The van der Waals surface area contributed by atoms with Crippen molar-refractivity contribution in [3.05, 3.63) is 127 Å². The third kappa shape index (κ3) is 5.20. The van der Waals surface area contributed by atoms with E-state index < -0.39 is 0 Å². The Morgan fingerprint density at radius 1 is 0.640 bits per heavy atom. The number of nitrogens with zero attached hydrogens (tertiary/aromatic N) is 4. The van der Waals surface area contributed by atoms with Gasteiger partial charge in [0.05, 0.1) is 34.1 Å². The summed E-state index contributed by atoms with van der Waals surface area (Å²) in [5, 5.41) is 2.53. The molecule has 0 aliphatic carbocycles. The number of rotatable bonds is 9. The Morgan fingerprint density at radius 3 is 2.06 bits per heavy atom. The Kier molecular flexibility index (Phi) is 7.94. The molecule has 0 atom stereocenters. The molecule has 3 heterocycles. The smallest absolute Gasteiger partial charge is 0.152 e.